The normalized spacial score (nSPS) is 15.2. The van der Waals surface area contributed by atoms with Crippen molar-refractivity contribution in [3.05, 3.63) is 28.6 Å². The lowest BCUT2D eigenvalue weighted by atomic mass is 10.00. The molecule has 1 aliphatic carbocycles. The fourth-order valence-electron chi connectivity index (χ4n) is 3.77. The molecule has 1 saturated carbocycles. The first-order valence-corrected chi connectivity index (χ1v) is 8.97. The summed E-state index contributed by atoms with van der Waals surface area (Å²) in [6.07, 6.45) is 9.99. The Hall–Kier alpha value is -2.04. The van der Waals surface area contributed by atoms with Gasteiger partial charge in [0.15, 0.2) is 0 Å². The van der Waals surface area contributed by atoms with Gasteiger partial charge < -0.3 is 9.84 Å². The maximum Gasteiger partial charge on any atom is 0.297 e. The predicted octanol–water partition coefficient (Wildman–Crippen LogP) is 3.86. The summed E-state index contributed by atoms with van der Waals surface area (Å²) in [5, 5.41) is 10.5. The minimum atomic E-state index is -0.231. The average molecular weight is 330 g/mol. The summed E-state index contributed by atoms with van der Waals surface area (Å²) >= 11 is 0. The van der Waals surface area contributed by atoms with Gasteiger partial charge in [0.05, 0.1) is 12.6 Å². The molecular formula is C19H26N2O3. The standard InChI is InChI=1S/C19H26N2O3/c1-24-16-12-7-11-15-17(16)18(22)21(19(23)20-15)13-6-2-3-8-14-9-4-5-10-14/h7,11-12,14H,2-6,8-10,13H2,1H3,(H,20,23). The van der Waals surface area contributed by atoms with Crippen molar-refractivity contribution in [3.63, 3.8) is 0 Å². The summed E-state index contributed by atoms with van der Waals surface area (Å²) in [4.78, 5) is 16.8. The highest BCUT2D eigenvalue weighted by Gasteiger charge is 2.15. The minimum absolute atomic E-state index is 0.212. The molecule has 0 aliphatic heterocycles. The van der Waals surface area contributed by atoms with Crippen molar-refractivity contribution in [2.24, 2.45) is 5.92 Å². The molecule has 0 unspecified atom stereocenters. The third kappa shape index (κ3) is 3.55. The molecule has 0 atom stereocenters. The van der Waals surface area contributed by atoms with Crippen molar-refractivity contribution < 1.29 is 9.84 Å². The summed E-state index contributed by atoms with van der Waals surface area (Å²) < 4.78 is 6.63. The zero-order valence-corrected chi connectivity index (χ0v) is 14.3. The molecular weight excluding hydrogens is 304 g/mol. The molecule has 130 valence electrons. The highest BCUT2D eigenvalue weighted by molar-refractivity contribution is 5.84. The van der Waals surface area contributed by atoms with Gasteiger partial charge in [-0.25, -0.2) is 0 Å². The molecule has 3 rings (SSSR count). The number of ether oxygens (including phenoxy) is 1. The van der Waals surface area contributed by atoms with Gasteiger partial charge in [0, 0.05) is 6.54 Å². The smallest absolute Gasteiger partial charge is 0.297 e. The molecule has 5 heteroatoms. The third-order valence-corrected chi connectivity index (χ3v) is 5.11. The number of fused-ring (bicyclic) bond motifs is 1. The van der Waals surface area contributed by atoms with Gasteiger partial charge in [0.2, 0.25) is 0 Å². The molecule has 0 radical (unpaired) electrons. The van der Waals surface area contributed by atoms with E-state index in [0.717, 1.165) is 18.8 Å². The van der Waals surface area contributed by atoms with Gasteiger partial charge >= 0.3 is 0 Å². The van der Waals surface area contributed by atoms with Crippen LogP contribution < -0.4 is 10.3 Å². The SMILES string of the molecule is COc1cccc2nc(O)n(CCCCCC3CCCC3)c(=O)c12. The maximum absolute atomic E-state index is 12.7. The molecule has 1 aromatic carbocycles. The number of unbranched alkanes of at least 4 members (excludes halogenated alkanes) is 2. The number of hydrogen-bond acceptors (Lipinski definition) is 4. The highest BCUT2D eigenvalue weighted by Crippen LogP contribution is 2.29. The number of aromatic nitrogens is 2. The Morgan fingerprint density at radius 3 is 2.79 bits per heavy atom. The number of aromatic hydroxyl groups is 1. The maximum atomic E-state index is 12.7. The number of hydrogen-bond donors (Lipinski definition) is 1. The molecule has 1 aromatic heterocycles. The Kier molecular flexibility index (Phi) is 5.38. The van der Waals surface area contributed by atoms with Crippen LogP contribution in [0.25, 0.3) is 10.9 Å². The Labute approximate surface area is 142 Å². The van der Waals surface area contributed by atoms with E-state index in [1.54, 1.807) is 18.2 Å². The van der Waals surface area contributed by atoms with Crippen LogP contribution in [-0.4, -0.2) is 21.8 Å². The van der Waals surface area contributed by atoms with Crippen molar-refractivity contribution in [2.75, 3.05) is 7.11 Å². The first kappa shape index (κ1) is 16.8. The molecule has 0 saturated heterocycles. The largest absolute Gasteiger partial charge is 0.496 e. The quantitative estimate of drug-likeness (QED) is 0.783. The van der Waals surface area contributed by atoms with E-state index in [1.807, 2.05) is 0 Å². The van der Waals surface area contributed by atoms with E-state index < -0.39 is 0 Å². The lowest BCUT2D eigenvalue weighted by molar-refractivity contribution is 0.376. The van der Waals surface area contributed by atoms with E-state index in [1.165, 1.54) is 50.2 Å². The molecule has 1 heterocycles. The van der Waals surface area contributed by atoms with Crippen molar-refractivity contribution in [2.45, 2.75) is 57.9 Å². The summed E-state index contributed by atoms with van der Waals surface area (Å²) in [6, 6.07) is 5.01. The second-order valence-corrected chi connectivity index (χ2v) is 6.72. The Morgan fingerprint density at radius 1 is 1.25 bits per heavy atom. The fraction of sp³-hybridized carbons (Fsp3) is 0.579. The number of methoxy groups -OCH3 is 1. The van der Waals surface area contributed by atoms with Crippen molar-refractivity contribution in [1.82, 2.24) is 9.55 Å². The van der Waals surface area contributed by atoms with Crippen molar-refractivity contribution in [3.8, 4) is 11.8 Å². The minimum Gasteiger partial charge on any atom is -0.496 e. The van der Waals surface area contributed by atoms with E-state index in [4.69, 9.17) is 4.74 Å². The van der Waals surface area contributed by atoms with Crippen LogP contribution in [-0.2, 0) is 6.54 Å². The van der Waals surface area contributed by atoms with Crippen LogP contribution in [0.3, 0.4) is 0 Å². The number of nitrogens with zero attached hydrogens (tertiary/aromatic N) is 2. The zero-order valence-electron chi connectivity index (χ0n) is 14.3. The summed E-state index contributed by atoms with van der Waals surface area (Å²) in [5.74, 6) is 1.41. The van der Waals surface area contributed by atoms with Crippen LogP contribution in [0.15, 0.2) is 23.0 Å². The van der Waals surface area contributed by atoms with Gasteiger partial charge in [0.1, 0.15) is 11.1 Å². The predicted molar refractivity (Wildman–Crippen MR) is 94.6 cm³/mol. The van der Waals surface area contributed by atoms with Gasteiger partial charge in [-0.15, -0.1) is 0 Å². The average Bonchev–Trinajstić information content (AvgIpc) is 3.09. The molecule has 1 fully saturated rings. The second kappa shape index (κ2) is 7.69. The van der Waals surface area contributed by atoms with Crippen molar-refractivity contribution >= 4 is 10.9 Å². The van der Waals surface area contributed by atoms with Gasteiger partial charge in [0.25, 0.3) is 11.6 Å². The van der Waals surface area contributed by atoms with Gasteiger partial charge in [-0.05, 0) is 24.5 Å². The highest BCUT2D eigenvalue weighted by atomic mass is 16.5. The molecule has 0 spiro atoms. The van der Waals surface area contributed by atoms with Crippen LogP contribution >= 0.6 is 0 Å². The topological polar surface area (TPSA) is 64.3 Å². The van der Waals surface area contributed by atoms with Crippen LogP contribution in [0.2, 0.25) is 0 Å². The Bertz CT molecular complexity index is 748. The third-order valence-electron chi connectivity index (χ3n) is 5.11. The summed E-state index contributed by atoms with van der Waals surface area (Å²) in [5.41, 5.74) is 0.236. The number of benzene rings is 1. The second-order valence-electron chi connectivity index (χ2n) is 6.72. The fourth-order valence-corrected chi connectivity index (χ4v) is 3.77. The molecule has 1 N–H and O–H groups in total. The number of rotatable bonds is 7. The summed E-state index contributed by atoms with van der Waals surface area (Å²) in [7, 11) is 1.54. The Morgan fingerprint density at radius 2 is 2.04 bits per heavy atom. The monoisotopic (exact) mass is 330 g/mol. The van der Waals surface area contributed by atoms with Crippen LogP contribution in [0.1, 0.15) is 51.4 Å². The Balaban J connectivity index is 1.66. The first-order valence-electron chi connectivity index (χ1n) is 8.97. The lowest BCUT2D eigenvalue weighted by Crippen LogP contribution is -2.22. The molecule has 1 aliphatic rings. The zero-order chi connectivity index (χ0) is 16.9. The van der Waals surface area contributed by atoms with E-state index in [9.17, 15) is 9.90 Å². The lowest BCUT2D eigenvalue weighted by Gasteiger charge is -2.11. The van der Waals surface area contributed by atoms with E-state index in [0.29, 0.717) is 23.2 Å². The van der Waals surface area contributed by atoms with E-state index in [2.05, 4.69) is 4.98 Å². The molecule has 24 heavy (non-hydrogen) atoms. The molecule has 0 amide bonds. The van der Waals surface area contributed by atoms with Crippen LogP contribution in [0, 0.1) is 5.92 Å². The molecule has 0 bridgehead atoms. The van der Waals surface area contributed by atoms with Gasteiger partial charge in [-0.3, -0.25) is 9.36 Å². The van der Waals surface area contributed by atoms with Crippen LogP contribution in [0.4, 0.5) is 0 Å². The van der Waals surface area contributed by atoms with Crippen LogP contribution in [0.5, 0.6) is 11.8 Å². The molecule has 2 aromatic rings. The summed E-state index contributed by atoms with van der Waals surface area (Å²) in [6.45, 7) is 0.496. The van der Waals surface area contributed by atoms with E-state index in [-0.39, 0.29) is 11.6 Å². The first-order chi connectivity index (χ1) is 11.7. The van der Waals surface area contributed by atoms with Gasteiger partial charge in [-0.2, -0.15) is 4.98 Å². The molecule has 5 nitrogen and oxygen atoms in total. The van der Waals surface area contributed by atoms with Crippen molar-refractivity contribution in [1.29, 1.82) is 0 Å². The van der Waals surface area contributed by atoms with Gasteiger partial charge in [-0.1, -0.05) is 51.0 Å². The van der Waals surface area contributed by atoms with E-state index >= 15 is 0 Å².